The summed E-state index contributed by atoms with van der Waals surface area (Å²) in [7, 11) is 2.51. The Labute approximate surface area is 357 Å². The smallest absolute Gasteiger partial charge is 0.338 e. The summed E-state index contributed by atoms with van der Waals surface area (Å²) < 4.78 is 9.76. The first kappa shape index (κ1) is 48.4. The predicted octanol–water partition coefficient (Wildman–Crippen LogP) is 4.57. The Hall–Kier alpha value is -5.28. The first-order valence-corrected chi connectivity index (χ1v) is 21.4. The summed E-state index contributed by atoms with van der Waals surface area (Å²) in [6, 6.07) is -2.28. The lowest BCUT2D eigenvalue weighted by Gasteiger charge is -2.37. The van der Waals surface area contributed by atoms with Crippen LogP contribution >= 0.6 is 0 Å². The minimum absolute atomic E-state index is 0.00939. The van der Waals surface area contributed by atoms with E-state index < -0.39 is 89.8 Å². The van der Waals surface area contributed by atoms with E-state index in [4.69, 9.17) is 4.74 Å². The van der Waals surface area contributed by atoms with Crippen LogP contribution in [0.15, 0.2) is 30.6 Å². The molecule has 0 bridgehead atoms. The Bertz CT molecular complexity index is 1820. The van der Waals surface area contributed by atoms with Crippen molar-refractivity contribution >= 4 is 53.0 Å². The van der Waals surface area contributed by atoms with Crippen LogP contribution < -0.4 is 10.6 Å². The molecule has 1 saturated heterocycles. The maximum atomic E-state index is 14.6. The van der Waals surface area contributed by atoms with Crippen LogP contribution in [0.5, 0.6) is 0 Å². The number of rotatable bonds is 19. The van der Waals surface area contributed by atoms with Crippen LogP contribution in [0.3, 0.4) is 0 Å². The van der Waals surface area contributed by atoms with Crippen molar-refractivity contribution in [1.82, 2.24) is 20.5 Å². The number of ether oxygens (including phenoxy) is 2. The molecule has 5 atom stereocenters. The highest BCUT2D eigenvalue weighted by Crippen LogP contribution is 2.35. The second-order valence-electron chi connectivity index (χ2n) is 17.7. The van der Waals surface area contributed by atoms with Gasteiger partial charge in [-0.15, -0.1) is 0 Å². The molecule has 3 amide bonds. The highest BCUT2D eigenvalue weighted by molar-refractivity contribution is 6.07. The number of carboxylic acid groups (broad SMARTS) is 1. The van der Waals surface area contributed by atoms with E-state index in [1.54, 1.807) is 20.8 Å². The lowest BCUT2D eigenvalue weighted by Crippen LogP contribution is -2.59. The van der Waals surface area contributed by atoms with Gasteiger partial charge in [-0.05, 0) is 61.8 Å². The molecule has 3 aliphatic rings. The van der Waals surface area contributed by atoms with Gasteiger partial charge >= 0.3 is 17.9 Å². The van der Waals surface area contributed by atoms with Crippen molar-refractivity contribution in [2.24, 2.45) is 29.1 Å². The Morgan fingerprint density at radius 3 is 2.11 bits per heavy atom. The maximum Gasteiger partial charge on any atom is 0.338 e. The third kappa shape index (κ3) is 13.4. The molecule has 0 radical (unpaired) electrons. The van der Waals surface area contributed by atoms with Gasteiger partial charge < -0.3 is 30.1 Å². The maximum absolute atomic E-state index is 14.6. The van der Waals surface area contributed by atoms with Gasteiger partial charge in [0.1, 0.15) is 12.1 Å². The molecule has 3 N–H and O–H groups in total. The number of carbonyl (C=O) groups is 9. The summed E-state index contributed by atoms with van der Waals surface area (Å²) in [5, 5.41) is 15.4. The van der Waals surface area contributed by atoms with E-state index in [1.165, 1.54) is 38.6 Å². The lowest BCUT2D eigenvalue weighted by atomic mass is 9.75. The van der Waals surface area contributed by atoms with Crippen LogP contribution in [0, 0.1) is 29.1 Å². The summed E-state index contributed by atoms with van der Waals surface area (Å²) in [5.74, 6) is -7.85. The molecule has 2 aliphatic carbocycles. The van der Waals surface area contributed by atoms with Crippen molar-refractivity contribution in [3.05, 3.63) is 41.7 Å². The second-order valence-corrected chi connectivity index (χ2v) is 17.7. The Morgan fingerprint density at radius 1 is 0.885 bits per heavy atom. The highest BCUT2D eigenvalue weighted by atomic mass is 16.5. The summed E-state index contributed by atoms with van der Waals surface area (Å²) in [5.41, 5.74) is -1.48. The van der Waals surface area contributed by atoms with Gasteiger partial charge in [0, 0.05) is 49.2 Å². The van der Waals surface area contributed by atoms with Crippen molar-refractivity contribution in [2.75, 3.05) is 20.8 Å². The van der Waals surface area contributed by atoms with Crippen molar-refractivity contribution < 1.29 is 57.7 Å². The number of esters is 2. The second kappa shape index (κ2) is 22.5. The minimum Gasteiger partial charge on any atom is -0.478 e. The summed E-state index contributed by atoms with van der Waals surface area (Å²) >= 11 is 0. The van der Waals surface area contributed by atoms with Crippen molar-refractivity contribution in [2.45, 2.75) is 135 Å². The molecular weight excluding hydrogens is 789 g/mol. The number of allylic oxidation sites excluding steroid dienone is 1. The molecule has 1 aliphatic heterocycles. The van der Waals surface area contributed by atoms with E-state index >= 15 is 0 Å². The Kier molecular flexibility index (Phi) is 17.9. The molecule has 2 saturated carbocycles. The third-order valence-electron chi connectivity index (χ3n) is 12.3. The molecule has 334 valence electrons. The van der Waals surface area contributed by atoms with Gasteiger partial charge in [-0.3, -0.25) is 38.5 Å². The predicted molar refractivity (Wildman–Crippen MR) is 221 cm³/mol. The van der Waals surface area contributed by atoms with Gasteiger partial charge in [0.2, 0.25) is 17.7 Å². The van der Waals surface area contributed by atoms with E-state index in [1.807, 2.05) is 0 Å². The number of aromatic carboxylic acids is 1. The van der Waals surface area contributed by atoms with Crippen LogP contribution in [0.25, 0.3) is 0 Å². The van der Waals surface area contributed by atoms with E-state index in [0.29, 0.717) is 12.8 Å². The van der Waals surface area contributed by atoms with Crippen LogP contribution in [0.4, 0.5) is 0 Å². The van der Waals surface area contributed by atoms with Crippen molar-refractivity contribution in [1.29, 1.82) is 0 Å². The first-order valence-electron chi connectivity index (χ1n) is 21.4. The number of carbonyl (C=O) groups excluding carboxylic acids is 8. The van der Waals surface area contributed by atoms with Gasteiger partial charge in [0.15, 0.2) is 17.3 Å². The number of carboxylic acids is 1. The Morgan fingerprint density at radius 2 is 1.52 bits per heavy atom. The molecule has 0 aromatic carbocycles. The van der Waals surface area contributed by atoms with E-state index in [9.17, 15) is 48.3 Å². The highest BCUT2D eigenvalue weighted by Gasteiger charge is 2.46. The number of ketones is 3. The number of Topliss-reactive ketones (excluding diaryl/α,β-unsaturated/α-hetero) is 3. The van der Waals surface area contributed by atoms with Crippen LogP contribution in [-0.2, 0) is 43.0 Å². The standard InChI is InChI=1S/C45H62N4O12/c1-45(2,3)39(48-40(54)29(18-12-13-19-37(53)60-4)22-35(51)31-20-21-46-25-33(31)43(57)58)42(56)49-26-30(50)23-34(49)41(55)47-38(28-16-10-7-11-17-28)36(52)24-32(44(59)61-5)27-14-8-6-9-15-27/h13,19-21,25,27-29,32,34,38-39H,6-12,14-18,22-24,26H2,1-5H3,(H,47,55)(H,48,54)(H,57,58)/b19-13+/t29-,32+,34+,38+,39-/m1/s1. The summed E-state index contributed by atoms with van der Waals surface area (Å²) in [6.07, 6.45) is 12.9. The van der Waals surface area contributed by atoms with Crippen LogP contribution in [-0.4, -0.2) is 107 Å². The fourth-order valence-corrected chi connectivity index (χ4v) is 8.90. The number of nitrogens with zero attached hydrogens (tertiary/aromatic N) is 2. The molecule has 0 unspecified atom stereocenters. The largest absolute Gasteiger partial charge is 0.478 e. The van der Waals surface area contributed by atoms with E-state index in [-0.39, 0.29) is 60.2 Å². The number of methoxy groups -OCH3 is 2. The fraction of sp³-hybridized carbons (Fsp3) is 0.644. The van der Waals surface area contributed by atoms with Crippen LogP contribution in [0.1, 0.15) is 138 Å². The molecule has 2 heterocycles. The molecule has 4 rings (SSSR count). The third-order valence-corrected chi connectivity index (χ3v) is 12.3. The van der Waals surface area contributed by atoms with Gasteiger partial charge in [-0.1, -0.05) is 65.4 Å². The molecular formula is C45H62N4O12. The number of amides is 3. The number of hydrogen-bond donors (Lipinski definition) is 3. The quantitative estimate of drug-likeness (QED) is 0.0985. The van der Waals surface area contributed by atoms with Gasteiger partial charge in [-0.2, -0.15) is 0 Å². The first-order chi connectivity index (χ1) is 29.0. The van der Waals surface area contributed by atoms with Gasteiger partial charge in [-0.25, -0.2) is 9.59 Å². The number of pyridine rings is 1. The van der Waals surface area contributed by atoms with Crippen molar-refractivity contribution in [3.63, 3.8) is 0 Å². The van der Waals surface area contributed by atoms with E-state index in [2.05, 4.69) is 20.4 Å². The number of hydrogen-bond acceptors (Lipinski definition) is 12. The number of likely N-dealkylation sites (tertiary alicyclic amines) is 1. The average molecular weight is 851 g/mol. The zero-order valence-electron chi connectivity index (χ0n) is 36.1. The molecule has 16 heteroatoms. The fourth-order valence-electron chi connectivity index (χ4n) is 8.90. The molecule has 0 spiro atoms. The zero-order valence-corrected chi connectivity index (χ0v) is 36.1. The number of aromatic nitrogens is 1. The monoisotopic (exact) mass is 850 g/mol. The molecule has 1 aromatic heterocycles. The zero-order chi connectivity index (χ0) is 44.9. The molecule has 1 aromatic rings. The van der Waals surface area contributed by atoms with Gasteiger partial charge in [0.25, 0.3) is 0 Å². The molecule has 16 nitrogen and oxygen atoms in total. The van der Waals surface area contributed by atoms with Crippen molar-refractivity contribution in [3.8, 4) is 0 Å². The molecule has 61 heavy (non-hydrogen) atoms. The summed E-state index contributed by atoms with van der Waals surface area (Å²) in [6.45, 7) is 4.67. The minimum atomic E-state index is -1.38. The van der Waals surface area contributed by atoms with Crippen LogP contribution in [0.2, 0.25) is 0 Å². The van der Waals surface area contributed by atoms with E-state index in [0.717, 1.165) is 62.5 Å². The normalized spacial score (nSPS) is 19.7. The Balaban J connectivity index is 1.58. The topological polar surface area (TPSA) is 233 Å². The number of nitrogens with one attached hydrogen (secondary N) is 2. The molecule has 3 fully saturated rings. The lowest BCUT2D eigenvalue weighted by molar-refractivity contribution is -0.150. The summed E-state index contributed by atoms with van der Waals surface area (Å²) in [4.78, 5) is 125. The average Bonchev–Trinajstić information content (AvgIpc) is 3.65. The SMILES string of the molecule is COC(=O)/C=C/CC[C@H](CC(=O)c1ccncc1C(=O)O)C(=O)N[C@H](C(=O)N1CC(=O)C[C@H]1C(=O)N[C@H](C(=O)C[C@H](C(=O)OC)C1CCCCC1)C1CCCCC1)C(C)(C)C. The van der Waals surface area contributed by atoms with Gasteiger partial charge in [0.05, 0.1) is 38.3 Å².